The first-order valence-corrected chi connectivity index (χ1v) is 9.28. The summed E-state index contributed by atoms with van der Waals surface area (Å²) in [6.07, 6.45) is 2.57. The number of ether oxygens (including phenoxy) is 1. The number of nitrogens with one attached hydrogen (secondary N) is 1. The van der Waals surface area contributed by atoms with Gasteiger partial charge in [0, 0.05) is 25.9 Å². The summed E-state index contributed by atoms with van der Waals surface area (Å²) in [6.45, 7) is 7.96. The van der Waals surface area contributed by atoms with Crippen molar-refractivity contribution in [1.82, 2.24) is 14.8 Å². The lowest BCUT2D eigenvalue weighted by Crippen LogP contribution is -2.15. The van der Waals surface area contributed by atoms with Gasteiger partial charge in [0.25, 0.3) is 0 Å². The number of hydrogen-bond donors (Lipinski definition) is 1. The SMILES string of the molecule is COCCCn1cnnc1SCC(=O)Nc1ccc(C(C)(C)C)cc1. The van der Waals surface area contributed by atoms with E-state index in [0.717, 1.165) is 23.8 Å². The highest BCUT2D eigenvalue weighted by atomic mass is 32.2. The van der Waals surface area contributed by atoms with Crippen molar-refractivity contribution >= 4 is 23.4 Å². The fraction of sp³-hybridized carbons (Fsp3) is 0.500. The Morgan fingerprint density at radius 3 is 2.64 bits per heavy atom. The van der Waals surface area contributed by atoms with E-state index >= 15 is 0 Å². The van der Waals surface area contributed by atoms with Gasteiger partial charge in [0.1, 0.15) is 6.33 Å². The summed E-state index contributed by atoms with van der Waals surface area (Å²) in [6, 6.07) is 7.98. The molecule has 0 bridgehead atoms. The Labute approximate surface area is 153 Å². The normalized spacial score (nSPS) is 11.5. The zero-order valence-electron chi connectivity index (χ0n) is 15.3. The second kappa shape index (κ2) is 9.01. The largest absolute Gasteiger partial charge is 0.385 e. The number of carbonyl (C=O) groups is 1. The minimum absolute atomic E-state index is 0.0556. The molecule has 1 amide bonds. The zero-order chi connectivity index (χ0) is 18.3. The molecule has 1 aromatic heterocycles. The molecule has 6 nitrogen and oxygen atoms in total. The Hall–Kier alpha value is -1.86. The van der Waals surface area contributed by atoms with Crippen molar-refractivity contribution in [2.24, 2.45) is 0 Å². The molecule has 0 spiro atoms. The van der Waals surface area contributed by atoms with Gasteiger partial charge in [-0.25, -0.2) is 0 Å². The van der Waals surface area contributed by atoms with Crippen molar-refractivity contribution in [3.8, 4) is 0 Å². The molecule has 136 valence electrons. The van der Waals surface area contributed by atoms with Crippen LogP contribution in [0.4, 0.5) is 5.69 Å². The average Bonchev–Trinajstić information content (AvgIpc) is 3.00. The maximum Gasteiger partial charge on any atom is 0.234 e. The Balaban J connectivity index is 1.84. The number of rotatable bonds is 8. The van der Waals surface area contributed by atoms with Crippen molar-refractivity contribution in [3.63, 3.8) is 0 Å². The van der Waals surface area contributed by atoms with Crippen molar-refractivity contribution in [2.75, 3.05) is 24.8 Å². The van der Waals surface area contributed by atoms with Crippen LogP contribution in [0.5, 0.6) is 0 Å². The second-order valence-electron chi connectivity index (χ2n) is 6.82. The van der Waals surface area contributed by atoms with Gasteiger partial charge in [-0.1, -0.05) is 44.7 Å². The van der Waals surface area contributed by atoms with Gasteiger partial charge in [-0.05, 0) is 29.5 Å². The first kappa shape index (κ1) is 19.5. The van der Waals surface area contributed by atoms with Gasteiger partial charge in [0.15, 0.2) is 5.16 Å². The van der Waals surface area contributed by atoms with Crippen molar-refractivity contribution < 1.29 is 9.53 Å². The molecular formula is C18H26N4O2S. The molecule has 7 heteroatoms. The number of aryl methyl sites for hydroxylation is 1. The standard InChI is InChI=1S/C18H26N4O2S/c1-18(2,3)14-6-8-15(9-7-14)20-16(23)12-25-17-21-19-13-22(17)10-5-11-24-4/h6-9,13H,5,10-12H2,1-4H3,(H,20,23). The van der Waals surface area contributed by atoms with Gasteiger partial charge in [0.05, 0.1) is 5.75 Å². The molecule has 2 rings (SSSR count). The van der Waals surface area contributed by atoms with Crippen molar-refractivity contribution in [3.05, 3.63) is 36.2 Å². The van der Waals surface area contributed by atoms with Crippen LogP contribution in [0.25, 0.3) is 0 Å². The summed E-state index contributed by atoms with van der Waals surface area (Å²) in [5, 5.41) is 11.6. The number of nitrogens with zero attached hydrogens (tertiary/aromatic N) is 3. The lowest BCUT2D eigenvalue weighted by atomic mass is 9.87. The number of amides is 1. The molecule has 0 saturated carbocycles. The number of aromatic nitrogens is 3. The van der Waals surface area contributed by atoms with Gasteiger partial charge in [-0.15, -0.1) is 10.2 Å². The molecule has 0 unspecified atom stereocenters. The average molecular weight is 362 g/mol. The Morgan fingerprint density at radius 2 is 2.00 bits per heavy atom. The zero-order valence-corrected chi connectivity index (χ0v) is 16.1. The summed E-state index contributed by atoms with van der Waals surface area (Å²) in [5.41, 5.74) is 2.15. The maximum absolute atomic E-state index is 12.2. The number of thioether (sulfide) groups is 1. The summed E-state index contributed by atoms with van der Waals surface area (Å²) in [7, 11) is 1.68. The smallest absolute Gasteiger partial charge is 0.234 e. The molecule has 0 aliphatic heterocycles. The molecule has 25 heavy (non-hydrogen) atoms. The number of benzene rings is 1. The van der Waals surface area contributed by atoms with E-state index in [2.05, 4.69) is 48.4 Å². The minimum Gasteiger partial charge on any atom is -0.385 e. The Kier molecular flexibility index (Phi) is 7.01. The third-order valence-electron chi connectivity index (χ3n) is 3.69. The fourth-order valence-corrected chi connectivity index (χ4v) is 3.01. The summed E-state index contributed by atoms with van der Waals surface area (Å²) < 4.78 is 6.99. The van der Waals surface area contributed by atoms with Gasteiger partial charge >= 0.3 is 0 Å². The van der Waals surface area contributed by atoms with Crippen LogP contribution in [0.2, 0.25) is 0 Å². The molecule has 0 radical (unpaired) electrons. The minimum atomic E-state index is -0.0556. The highest BCUT2D eigenvalue weighted by Crippen LogP contribution is 2.23. The van der Waals surface area contributed by atoms with E-state index in [1.165, 1.54) is 17.3 Å². The van der Waals surface area contributed by atoms with E-state index in [4.69, 9.17) is 4.74 Å². The van der Waals surface area contributed by atoms with E-state index in [9.17, 15) is 4.79 Å². The first-order valence-electron chi connectivity index (χ1n) is 8.30. The van der Waals surface area contributed by atoms with E-state index < -0.39 is 0 Å². The third-order valence-corrected chi connectivity index (χ3v) is 4.68. The van der Waals surface area contributed by atoms with Gasteiger partial charge < -0.3 is 14.6 Å². The molecule has 0 aliphatic rings. The highest BCUT2D eigenvalue weighted by Gasteiger charge is 2.13. The maximum atomic E-state index is 12.2. The van der Waals surface area contributed by atoms with Crippen LogP contribution < -0.4 is 5.32 Å². The predicted octanol–water partition coefficient (Wildman–Crippen LogP) is 3.34. The van der Waals surface area contributed by atoms with Crippen LogP contribution in [0.1, 0.15) is 32.8 Å². The molecule has 2 aromatic rings. The molecule has 0 atom stereocenters. The number of anilines is 1. The van der Waals surface area contributed by atoms with Crippen LogP contribution >= 0.6 is 11.8 Å². The third kappa shape index (κ3) is 6.17. The lowest BCUT2D eigenvalue weighted by Gasteiger charge is -2.19. The van der Waals surface area contributed by atoms with Gasteiger partial charge in [-0.3, -0.25) is 4.79 Å². The topological polar surface area (TPSA) is 69.0 Å². The fourth-order valence-electron chi connectivity index (χ4n) is 2.27. The van der Waals surface area contributed by atoms with E-state index in [0.29, 0.717) is 12.4 Å². The molecule has 1 heterocycles. The van der Waals surface area contributed by atoms with E-state index in [1.54, 1.807) is 13.4 Å². The summed E-state index contributed by atoms with van der Waals surface area (Å²) in [4.78, 5) is 12.2. The molecular weight excluding hydrogens is 336 g/mol. The van der Waals surface area contributed by atoms with Crippen LogP contribution in [0, 0.1) is 0 Å². The first-order chi connectivity index (χ1) is 11.9. The summed E-state index contributed by atoms with van der Waals surface area (Å²) >= 11 is 1.38. The molecule has 0 saturated heterocycles. The van der Waals surface area contributed by atoms with E-state index in [-0.39, 0.29) is 11.3 Å². The van der Waals surface area contributed by atoms with Gasteiger partial charge in [-0.2, -0.15) is 0 Å². The quantitative estimate of drug-likeness (QED) is 0.576. The predicted molar refractivity (Wildman–Crippen MR) is 101 cm³/mol. The Morgan fingerprint density at radius 1 is 1.28 bits per heavy atom. The monoisotopic (exact) mass is 362 g/mol. The second-order valence-corrected chi connectivity index (χ2v) is 7.76. The number of hydrogen-bond acceptors (Lipinski definition) is 5. The molecule has 0 fully saturated rings. The Bertz CT molecular complexity index is 677. The van der Waals surface area contributed by atoms with Gasteiger partial charge in [0.2, 0.25) is 5.91 Å². The lowest BCUT2D eigenvalue weighted by molar-refractivity contribution is -0.113. The van der Waals surface area contributed by atoms with Crippen molar-refractivity contribution in [2.45, 2.75) is 44.3 Å². The highest BCUT2D eigenvalue weighted by molar-refractivity contribution is 7.99. The van der Waals surface area contributed by atoms with E-state index in [1.807, 2.05) is 16.7 Å². The number of methoxy groups -OCH3 is 1. The van der Waals surface area contributed by atoms with Crippen molar-refractivity contribution in [1.29, 1.82) is 0 Å². The van der Waals surface area contributed by atoms with Crippen LogP contribution in [-0.4, -0.2) is 40.1 Å². The van der Waals surface area contributed by atoms with Crippen LogP contribution in [0.15, 0.2) is 35.7 Å². The van der Waals surface area contributed by atoms with Crippen LogP contribution in [-0.2, 0) is 21.5 Å². The molecule has 1 N–H and O–H groups in total. The molecule has 1 aromatic carbocycles. The summed E-state index contributed by atoms with van der Waals surface area (Å²) in [5.74, 6) is 0.240. The molecule has 0 aliphatic carbocycles. The number of carbonyl (C=O) groups excluding carboxylic acids is 1. The van der Waals surface area contributed by atoms with Crippen LogP contribution in [0.3, 0.4) is 0 Å².